The van der Waals surface area contributed by atoms with Crippen molar-refractivity contribution in [2.24, 2.45) is 0 Å². The number of rotatable bonds is 4. The van der Waals surface area contributed by atoms with Crippen LogP contribution in [0, 0.1) is 0 Å². The van der Waals surface area contributed by atoms with Crippen molar-refractivity contribution in [2.45, 2.75) is 18.2 Å². The van der Waals surface area contributed by atoms with Crippen molar-refractivity contribution in [3.05, 3.63) is 35.4 Å². The molecule has 0 saturated heterocycles. The van der Waals surface area contributed by atoms with E-state index in [1.165, 1.54) is 7.11 Å². The van der Waals surface area contributed by atoms with Crippen LogP contribution < -0.4 is 0 Å². The van der Waals surface area contributed by atoms with E-state index in [1.807, 2.05) is 0 Å². The van der Waals surface area contributed by atoms with Crippen molar-refractivity contribution in [2.75, 3.05) is 7.11 Å². The molecule has 1 rings (SSSR count). The van der Waals surface area contributed by atoms with Gasteiger partial charge in [0.1, 0.15) is 0 Å². The minimum Gasteiger partial charge on any atom is -0.469 e. The molecule has 0 N–H and O–H groups in total. The Balaban J connectivity index is 2.75. The predicted octanol–water partition coefficient (Wildman–Crippen LogP) is 2.37. The molecule has 4 heteroatoms. The fourth-order valence-electron chi connectivity index (χ4n) is 1.26. The molecule has 0 fully saturated rings. The van der Waals surface area contributed by atoms with Gasteiger partial charge in [-0.3, -0.25) is 9.59 Å². The maximum absolute atomic E-state index is 11.6. The summed E-state index contributed by atoms with van der Waals surface area (Å²) in [5.41, 5.74) is 1.48. The van der Waals surface area contributed by atoms with Crippen LogP contribution >= 0.6 is 15.9 Å². The summed E-state index contributed by atoms with van der Waals surface area (Å²) in [6.07, 6.45) is 0.231. The van der Waals surface area contributed by atoms with Crippen molar-refractivity contribution in [3.8, 4) is 0 Å². The summed E-state index contributed by atoms with van der Waals surface area (Å²) in [4.78, 5) is 22.4. The predicted molar refractivity (Wildman–Crippen MR) is 64.9 cm³/mol. The number of hydrogen-bond donors (Lipinski definition) is 0. The molecular weight excluding hydrogens is 272 g/mol. The molecule has 16 heavy (non-hydrogen) atoms. The molecule has 0 aliphatic rings. The van der Waals surface area contributed by atoms with Crippen molar-refractivity contribution in [1.82, 2.24) is 0 Å². The largest absolute Gasteiger partial charge is 0.469 e. The van der Waals surface area contributed by atoms with Gasteiger partial charge >= 0.3 is 5.97 Å². The summed E-state index contributed by atoms with van der Waals surface area (Å²) in [7, 11) is 1.35. The number of esters is 1. The molecule has 0 aromatic heterocycles. The van der Waals surface area contributed by atoms with E-state index in [1.54, 1.807) is 31.2 Å². The first-order valence-electron chi connectivity index (χ1n) is 4.88. The zero-order valence-electron chi connectivity index (χ0n) is 9.20. The lowest BCUT2D eigenvalue weighted by molar-refractivity contribution is -0.139. The standard InChI is InChI=1S/C12H13BrO3/c1-8(13)12(15)10-5-3-9(4-6-10)7-11(14)16-2/h3-6,8H,7H2,1-2H3. The second-order valence-corrected chi connectivity index (χ2v) is 4.80. The summed E-state index contributed by atoms with van der Waals surface area (Å²) in [5.74, 6) is -0.252. The number of halogens is 1. The molecule has 86 valence electrons. The third-order valence-electron chi connectivity index (χ3n) is 2.18. The zero-order chi connectivity index (χ0) is 12.1. The smallest absolute Gasteiger partial charge is 0.309 e. The lowest BCUT2D eigenvalue weighted by Gasteiger charge is -2.04. The van der Waals surface area contributed by atoms with Crippen molar-refractivity contribution < 1.29 is 14.3 Å². The van der Waals surface area contributed by atoms with E-state index in [9.17, 15) is 9.59 Å². The maximum atomic E-state index is 11.6. The van der Waals surface area contributed by atoms with Gasteiger partial charge in [0.05, 0.1) is 18.4 Å². The number of hydrogen-bond acceptors (Lipinski definition) is 3. The quantitative estimate of drug-likeness (QED) is 0.484. The van der Waals surface area contributed by atoms with E-state index in [0.29, 0.717) is 5.56 Å². The molecule has 1 aromatic carbocycles. The summed E-state index contributed by atoms with van der Waals surface area (Å²) in [6.45, 7) is 1.78. The Bertz CT molecular complexity index is 382. The first-order chi connectivity index (χ1) is 7.54. The van der Waals surface area contributed by atoms with Gasteiger partial charge in [0.2, 0.25) is 0 Å². The Hall–Kier alpha value is -1.16. The fourth-order valence-corrected chi connectivity index (χ4v) is 1.52. The van der Waals surface area contributed by atoms with E-state index in [0.717, 1.165) is 5.56 Å². The Kier molecular flexibility index (Phi) is 4.68. The minimum absolute atomic E-state index is 0.0321. The van der Waals surface area contributed by atoms with Gasteiger partial charge in [-0.2, -0.15) is 0 Å². The normalized spacial score (nSPS) is 11.9. The highest BCUT2D eigenvalue weighted by Gasteiger charge is 2.11. The van der Waals surface area contributed by atoms with Gasteiger partial charge in [0, 0.05) is 5.56 Å². The first kappa shape index (κ1) is 12.9. The van der Waals surface area contributed by atoms with Crippen LogP contribution in [-0.4, -0.2) is 23.7 Å². The molecule has 0 spiro atoms. The van der Waals surface area contributed by atoms with Crippen LogP contribution in [0.5, 0.6) is 0 Å². The van der Waals surface area contributed by atoms with Crippen LogP contribution in [0.1, 0.15) is 22.8 Å². The highest BCUT2D eigenvalue weighted by atomic mass is 79.9. The van der Waals surface area contributed by atoms with E-state index in [2.05, 4.69) is 20.7 Å². The molecule has 0 saturated carbocycles. The molecular formula is C12H13BrO3. The van der Waals surface area contributed by atoms with Crippen molar-refractivity contribution >= 4 is 27.7 Å². The number of ether oxygens (including phenoxy) is 1. The fraction of sp³-hybridized carbons (Fsp3) is 0.333. The first-order valence-corrected chi connectivity index (χ1v) is 5.80. The third kappa shape index (κ3) is 3.45. The SMILES string of the molecule is COC(=O)Cc1ccc(C(=O)C(C)Br)cc1. The van der Waals surface area contributed by atoms with Gasteiger partial charge < -0.3 is 4.74 Å². The zero-order valence-corrected chi connectivity index (χ0v) is 10.8. The number of alkyl halides is 1. The Morgan fingerprint density at radius 2 is 1.88 bits per heavy atom. The van der Waals surface area contributed by atoms with E-state index < -0.39 is 0 Å². The number of Topliss-reactive ketones (excluding diaryl/α,β-unsaturated/α-hetero) is 1. The highest BCUT2D eigenvalue weighted by Crippen LogP contribution is 2.11. The van der Waals surface area contributed by atoms with Crippen molar-refractivity contribution in [3.63, 3.8) is 0 Å². The van der Waals surface area contributed by atoms with Crippen molar-refractivity contribution in [1.29, 1.82) is 0 Å². The molecule has 3 nitrogen and oxygen atoms in total. The molecule has 0 radical (unpaired) electrons. The number of ketones is 1. The van der Waals surface area contributed by atoms with Gasteiger partial charge in [-0.1, -0.05) is 40.2 Å². The van der Waals surface area contributed by atoms with Crippen LogP contribution in [0.4, 0.5) is 0 Å². The highest BCUT2D eigenvalue weighted by molar-refractivity contribution is 9.10. The van der Waals surface area contributed by atoms with E-state index >= 15 is 0 Å². The van der Waals surface area contributed by atoms with E-state index in [4.69, 9.17) is 0 Å². The summed E-state index contributed by atoms with van der Waals surface area (Å²) >= 11 is 3.22. The Morgan fingerprint density at radius 1 is 1.31 bits per heavy atom. The number of carbonyl (C=O) groups excluding carboxylic acids is 2. The summed E-state index contributed by atoms with van der Waals surface area (Å²) in [6, 6.07) is 6.97. The van der Waals surface area contributed by atoms with Gasteiger partial charge in [-0.25, -0.2) is 0 Å². The second-order valence-electron chi connectivity index (χ2n) is 3.43. The molecule has 0 aliphatic heterocycles. The molecule has 1 aromatic rings. The van der Waals surface area contributed by atoms with Crippen LogP contribution in [0.15, 0.2) is 24.3 Å². The van der Waals surface area contributed by atoms with Gasteiger partial charge in [0.25, 0.3) is 0 Å². The number of benzene rings is 1. The molecule has 1 atom stereocenters. The molecule has 0 aliphatic carbocycles. The van der Waals surface area contributed by atoms with Crippen LogP contribution in [-0.2, 0) is 16.0 Å². The van der Waals surface area contributed by atoms with Crippen LogP contribution in [0.25, 0.3) is 0 Å². The van der Waals surface area contributed by atoms with Gasteiger partial charge in [-0.05, 0) is 12.5 Å². The molecule has 0 amide bonds. The molecule has 0 bridgehead atoms. The van der Waals surface area contributed by atoms with Crippen LogP contribution in [0.2, 0.25) is 0 Å². The minimum atomic E-state index is -0.284. The molecule has 1 unspecified atom stereocenters. The lowest BCUT2D eigenvalue weighted by atomic mass is 10.1. The van der Waals surface area contributed by atoms with Crippen LogP contribution in [0.3, 0.4) is 0 Å². The van der Waals surface area contributed by atoms with Gasteiger partial charge in [0.15, 0.2) is 5.78 Å². The average Bonchev–Trinajstić information content (AvgIpc) is 2.28. The summed E-state index contributed by atoms with van der Waals surface area (Å²) < 4.78 is 4.56. The average molecular weight is 285 g/mol. The monoisotopic (exact) mass is 284 g/mol. The second kappa shape index (κ2) is 5.80. The topological polar surface area (TPSA) is 43.4 Å². The van der Waals surface area contributed by atoms with Gasteiger partial charge in [-0.15, -0.1) is 0 Å². The third-order valence-corrected chi connectivity index (χ3v) is 2.59. The molecule has 0 heterocycles. The Morgan fingerprint density at radius 3 is 2.31 bits per heavy atom. The Labute approximate surface area is 103 Å². The van der Waals surface area contributed by atoms with E-state index in [-0.39, 0.29) is 23.0 Å². The number of methoxy groups -OCH3 is 1. The summed E-state index contributed by atoms with van der Waals surface area (Å²) in [5, 5.41) is 0. The maximum Gasteiger partial charge on any atom is 0.309 e. The number of carbonyl (C=O) groups is 2. The lowest BCUT2D eigenvalue weighted by Crippen LogP contribution is -2.10.